The predicted molar refractivity (Wildman–Crippen MR) is 164 cm³/mol. The molecule has 0 unspecified atom stereocenters. The van der Waals surface area contributed by atoms with E-state index in [9.17, 15) is 19.7 Å². The van der Waals surface area contributed by atoms with Crippen LogP contribution in [0.15, 0.2) is 77.3 Å². The lowest BCUT2D eigenvalue weighted by Gasteiger charge is -2.44. The Kier molecular flexibility index (Phi) is 8.16. The van der Waals surface area contributed by atoms with Crippen molar-refractivity contribution in [3.8, 4) is 5.75 Å². The normalized spacial score (nSPS) is 24.4. The summed E-state index contributed by atoms with van der Waals surface area (Å²) in [6.07, 6.45) is 5.43. The van der Waals surface area contributed by atoms with Gasteiger partial charge in [-0.15, -0.1) is 11.3 Å². The minimum Gasteiger partial charge on any atom is -0.508 e. The van der Waals surface area contributed by atoms with Crippen molar-refractivity contribution >= 4 is 41.9 Å². The molecule has 2 aliphatic heterocycles. The highest BCUT2D eigenvalue weighted by molar-refractivity contribution is 7.09. The molecule has 6 rings (SSSR count). The van der Waals surface area contributed by atoms with E-state index in [4.69, 9.17) is 4.65 Å². The molecule has 1 aliphatic carbocycles. The Bertz CT molecular complexity index is 1520. The number of fused-ring (bicyclic) bond motifs is 3. The number of hydrogen-bond acceptors (Lipinski definition) is 7. The third-order valence-electron chi connectivity index (χ3n) is 8.81. The Morgan fingerprint density at radius 1 is 1.14 bits per heavy atom. The number of rotatable bonds is 8. The van der Waals surface area contributed by atoms with Crippen LogP contribution in [-0.4, -0.2) is 45.1 Å². The number of pyridine rings is 1. The summed E-state index contributed by atoms with van der Waals surface area (Å²) in [6.45, 7) is 4.57. The van der Waals surface area contributed by atoms with Gasteiger partial charge in [0.15, 0.2) is 0 Å². The molecule has 3 aromatic rings. The molecule has 1 aromatic carbocycles. The topological polar surface area (TPSA) is 100.0 Å². The molecule has 2 fully saturated rings. The average Bonchev–Trinajstić information content (AvgIpc) is 3.57. The summed E-state index contributed by atoms with van der Waals surface area (Å²) in [5.41, 5.74) is 4.94. The van der Waals surface area contributed by atoms with Crippen LogP contribution in [0.25, 0.3) is 11.6 Å². The molecule has 0 radical (unpaired) electrons. The Morgan fingerprint density at radius 2 is 2.00 bits per heavy atom. The third-order valence-corrected chi connectivity index (χ3v) is 9.67. The molecule has 2 saturated heterocycles. The Labute approximate surface area is 250 Å². The molecule has 2 amide bonds. The van der Waals surface area contributed by atoms with E-state index >= 15 is 0 Å². The van der Waals surface area contributed by atoms with E-state index in [2.05, 4.69) is 18.8 Å². The van der Waals surface area contributed by atoms with Crippen LogP contribution in [-0.2, 0) is 20.8 Å². The lowest BCUT2D eigenvalue weighted by atomic mass is 9.57. The van der Waals surface area contributed by atoms with Crippen LogP contribution in [0.1, 0.15) is 49.2 Å². The van der Waals surface area contributed by atoms with Crippen LogP contribution in [0, 0.1) is 23.7 Å². The van der Waals surface area contributed by atoms with Crippen LogP contribution < -0.4 is 0 Å². The van der Waals surface area contributed by atoms with Gasteiger partial charge in [0.05, 0.1) is 30.2 Å². The van der Waals surface area contributed by atoms with Gasteiger partial charge in [0.1, 0.15) is 5.75 Å². The number of benzene rings is 1. The average molecular weight is 583 g/mol. The molecule has 0 bridgehead atoms. The summed E-state index contributed by atoms with van der Waals surface area (Å²) in [6, 6.07) is 16.8. The molecule has 42 heavy (non-hydrogen) atoms. The monoisotopic (exact) mass is 582 g/mol. The van der Waals surface area contributed by atoms with Gasteiger partial charge in [-0.3, -0.25) is 19.5 Å². The van der Waals surface area contributed by atoms with E-state index in [0.717, 1.165) is 27.3 Å². The van der Waals surface area contributed by atoms with Crippen LogP contribution in [0.3, 0.4) is 0 Å². The minimum atomic E-state index is -1.02. The van der Waals surface area contributed by atoms with Crippen molar-refractivity contribution < 1.29 is 24.4 Å². The molecule has 4 atom stereocenters. The van der Waals surface area contributed by atoms with Gasteiger partial charge in [-0.05, 0) is 95.9 Å². The van der Waals surface area contributed by atoms with Gasteiger partial charge in [-0.2, -0.15) is 0 Å². The lowest BCUT2D eigenvalue weighted by molar-refractivity contribution is -0.140. The van der Waals surface area contributed by atoms with Crippen molar-refractivity contribution in [1.82, 2.24) is 9.88 Å². The van der Waals surface area contributed by atoms with Gasteiger partial charge >= 0.3 is 7.12 Å². The second-order valence-corrected chi connectivity index (χ2v) is 12.8. The van der Waals surface area contributed by atoms with E-state index < -0.39 is 19.0 Å². The first kappa shape index (κ1) is 28.6. The van der Waals surface area contributed by atoms with Crippen LogP contribution in [0.2, 0.25) is 6.32 Å². The molecule has 2 N–H and O–H groups in total. The third kappa shape index (κ3) is 5.61. The number of imide groups is 1. The van der Waals surface area contributed by atoms with Crippen molar-refractivity contribution in [2.24, 2.45) is 23.7 Å². The van der Waals surface area contributed by atoms with E-state index in [-0.39, 0.29) is 35.5 Å². The van der Waals surface area contributed by atoms with E-state index in [1.807, 2.05) is 53.9 Å². The van der Waals surface area contributed by atoms with Crippen molar-refractivity contribution in [3.63, 3.8) is 0 Å². The predicted octanol–water partition coefficient (Wildman–Crippen LogP) is 5.82. The largest absolute Gasteiger partial charge is 0.508 e. The van der Waals surface area contributed by atoms with Crippen molar-refractivity contribution in [2.45, 2.75) is 52.1 Å². The number of hydrogen-bond donors (Lipinski definition) is 2. The number of carbonyl (C=O) groups is 2. The summed E-state index contributed by atoms with van der Waals surface area (Å²) in [5.74, 6) is -0.976. The highest BCUT2D eigenvalue weighted by Crippen LogP contribution is 2.52. The second kappa shape index (κ2) is 12.0. The summed E-state index contributed by atoms with van der Waals surface area (Å²) in [7, 11) is -1.02. The first-order valence-corrected chi connectivity index (χ1v) is 15.5. The molecular weight excluding hydrogens is 547 g/mol. The van der Waals surface area contributed by atoms with Gasteiger partial charge in [-0.25, -0.2) is 0 Å². The van der Waals surface area contributed by atoms with Crippen LogP contribution >= 0.6 is 11.3 Å². The number of amides is 2. The molecule has 216 valence electrons. The quantitative estimate of drug-likeness (QED) is 0.197. The van der Waals surface area contributed by atoms with Crippen molar-refractivity contribution in [1.29, 1.82) is 0 Å². The first-order valence-electron chi connectivity index (χ1n) is 14.6. The summed E-state index contributed by atoms with van der Waals surface area (Å²) < 4.78 is 6.22. The SMILES string of the molecule is CC(C)C1=C2[C@@H](CC/C(=C/c3cccc(O)c3)c3ccccn3)OB(O)C[C@@H]2[C@@H]2C(=O)N(Cc3cccs3)C(=O)[C@@H]2C1. The maximum absolute atomic E-state index is 13.8. The van der Waals surface area contributed by atoms with Crippen LogP contribution in [0.4, 0.5) is 0 Å². The maximum Gasteiger partial charge on any atom is 0.455 e. The van der Waals surface area contributed by atoms with E-state index in [0.29, 0.717) is 32.1 Å². The summed E-state index contributed by atoms with van der Waals surface area (Å²) in [5, 5.41) is 22.9. The zero-order chi connectivity index (χ0) is 29.4. The summed E-state index contributed by atoms with van der Waals surface area (Å²) >= 11 is 1.54. The number of allylic oxidation sites excluding steroid dienone is 2. The zero-order valence-electron chi connectivity index (χ0n) is 23.8. The number of nitrogens with zero attached hydrogens (tertiary/aromatic N) is 2. The number of likely N-dealkylation sites (tertiary alicyclic amines) is 1. The number of phenolic OH excluding ortho intramolecular Hbond substituents is 1. The lowest BCUT2D eigenvalue weighted by Crippen LogP contribution is -2.46. The number of carbonyl (C=O) groups excluding carboxylic acids is 2. The molecule has 9 heteroatoms. The van der Waals surface area contributed by atoms with Gasteiger partial charge in [0.25, 0.3) is 0 Å². The van der Waals surface area contributed by atoms with E-state index in [1.54, 1.807) is 29.7 Å². The van der Waals surface area contributed by atoms with Gasteiger partial charge in [0, 0.05) is 11.1 Å². The number of aromatic nitrogens is 1. The molecule has 0 saturated carbocycles. The van der Waals surface area contributed by atoms with Gasteiger partial charge in [0.2, 0.25) is 11.8 Å². The molecule has 4 heterocycles. The molecule has 2 aromatic heterocycles. The Morgan fingerprint density at radius 3 is 2.71 bits per heavy atom. The van der Waals surface area contributed by atoms with Crippen molar-refractivity contribution in [3.05, 3.63) is 93.5 Å². The fourth-order valence-corrected chi connectivity index (χ4v) is 7.65. The number of phenols is 1. The smallest absolute Gasteiger partial charge is 0.455 e. The Hall–Kier alpha value is -3.53. The van der Waals surface area contributed by atoms with Crippen molar-refractivity contribution in [2.75, 3.05) is 0 Å². The summed E-state index contributed by atoms with van der Waals surface area (Å²) in [4.78, 5) is 34.4. The Balaban J connectivity index is 1.31. The van der Waals surface area contributed by atoms with Crippen LogP contribution in [0.5, 0.6) is 5.75 Å². The zero-order valence-corrected chi connectivity index (χ0v) is 24.7. The van der Waals surface area contributed by atoms with E-state index in [1.165, 1.54) is 10.5 Å². The standard InChI is InChI=1S/C33H35BN2O5S/c1-20(2)25-17-26-31(33(39)36(32(26)38)19-24-9-6-14-42-24)27-18-34(40)41-29(30(25)27)12-11-22(28-10-3-4-13-35-28)15-21-7-5-8-23(37)16-21/h3-10,13-16,20,26-27,29,31,37,40H,11-12,17-19H2,1-2H3/b22-15-/t26-,27+,29-,31-/m1/s1. The molecule has 0 spiro atoms. The van der Waals surface area contributed by atoms with Gasteiger partial charge in [-0.1, -0.05) is 43.7 Å². The van der Waals surface area contributed by atoms with Gasteiger partial charge < -0.3 is 14.8 Å². The number of aromatic hydroxyl groups is 1. The number of thiophene rings is 1. The first-order chi connectivity index (χ1) is 20.3. The highest BCUT2D eigenvalue weighted by atomic mass is 32.1. The minimum absolute atomic E-state index is 0.0976. The molecule has 3 aliphatic rings. The maximum atomic E-state index is 13.8. The molecule has 7 nitrogen and oxygen atoms in total. The highest BCUT2D eigenvalue weighted by Gasteiger charge is 2.57. The molecular formula is C33H35BN2O5S. The fraction of sp³-hybridized carbons (Fsp3) is 0.364. The second-order valence-electron chi connectivity index (χ2n) is 11.8. The fourth-order valence-electron chi connectivity index (χ4n) is 6.96.